The van der Waals surface area contributed by atoms with E-state index in [-0.39, 0.29) is 12.0 Å². The first-order chi connectivity index (χ1) is 10.1. The van der Waals surface area contributed by atoms with Crippen molar-refractivity contribution in [1.82, 2.24) is 0 Å². The fourth-order valence-electron chi connectivity index (χ4n) is 2.72. The first kappa shape index (κ1) is 16.1. The number of carbonyl (C=O) groups excluding carboxylic acids is 1. The number of rotatable bonds is 5. The van der Waals surface area contributed by atoms with E-state index < -0.39 is 0 Å². The third-order valence-electron chi connectivity index (χ3n) is 3.59. The Hall–Kier alpha value is -1.27. The van der Waals surface area contributed by atoms with Gasteiger partial charge in [0.2, 0.25) is 0 Å². The zero-order chi connectivity index (χ0) is 15.4. The zero-order valence-corrected chi connectivity index (χ0v) is 13.9. The summed E-state index contributed by atoms with van der Waals surface area (Å²) in [4.78, 5) is 15.5. The van der Waals surface area contributed by atoms with E-state index in [9.17, 15) is 4.79 Å². The lowest BCUT2D eigenvalue weighted by Crippen LogP contribution is -2.38. The summed E-state index contributed by atoms with van der Waals surface area (Å²) < 4.78 is 4.91. The van der Waals surface area contributed by atoms with E-state index in [0.717, 1.165) is 41.3 Å². The topological polar surface area (TPSA) is 55.6 Å². The number of benzene rings is 1. The molecule has 0 aliphatic carbocycles. The molecule has 2 N–H and O–H groups in total. The number of hydrogen-bond acceptors (Lipinski definition) is 5. The van der Waals surface area contributed by atoms with Crippen molar-refractivity contribution >= 4 is 40.6 Å². The second-order valence-electron chi connectivity index (χ2n) is 4.82. The van der Waals surface area contributed by atoms with Crippen LogP contribution in [0.5, 0.6) is 0 Å². The molecule has 1 heterocycles. The average Bonchev–Trinajstić information content (AvgIpc) is 2.95. The molecule has 0 amide bonds. The van der Waals surface area contributed by atoms with Gasteiger partial charge >= 0.3 is 5.97 Å². The SMILES string of the molecule is CCSc1cccc(N2CCCC2C(=O)OC)c1C(N)=S. The van der Waals surface area contributed by atoms with E-state index in [4.69, 9.17) is 22.7 Å². The van der Waals surface area contributed by atoms with Crippen LogP contribution in [-0.4, -0.2) is 36.4 Å². The molecule has 1 aliphatic heterocycles. The summed E-state index contributed by atoms with van der Waals surface area (Å²) in [7, 11) is 1.43. The lowest BCUT2D eigenvalue weighted by atomic mass is 10.1. The van der Waals surface area contributed by atoms with Crippen molar-refractivity contribution in [2.75, 3.05) is 24.3 Å². The fourth-order valence-corrected chi connectivity index (χ4v) is 3.84. The van der Waals surface area contributed by atoms with Gasteiger partial charge in [0.1, 0.15) is 11.0 Å². The van der Waals surface area contributed by atoms with Crippen LogP contribution >= 0.6 is 24.0 Å². The molecular formula is C15H20N2O2S2. The zero-order valence-electron chi connectivity index (χ0n) is 12.3. The molecule has 1 aliphatic rings. The second-order valence-corrected chi connectivity index (χ2v) is 6.57. The Morgan fingerprint density at radius 3 is 2.95 bits per heavy atom. The minimum absolute atomic E-state index is 0.199. The van der Waals surface area contributed by atoms with Crippen molar-refractivity contribution in [2.45, 2.75) is 30.7 Å². The van der Waals surface area contributed by atoms with Gasteiger partial charge in [-0.3, -0.25) is 0 Å². The van der Waals surface area contributed by atoms with Crippen LogP contribution in [0, 0.1) is 0 Å². The van der Waals surface area contributed by atoms with Crippen LogP contribution in [0.1, 0.15) is 25.3 Å². The van der Waals surface area contributed by atoms with Gasteiger partial charge in [-0.15, -0.1) is 11.8 Å². The van der Waals surface area contributed by atoms with Gasteiger partial charge in [0.15, 0.2) is 0 Å². The van der Waals surface area contributed by atoms with Gasteiger partial charge < -0.3 is 15.4 Å². The number of nitrogens with zero attached hydrogens (tertiary/aromatic N) is 1. The van der Waals surface area contributed by atoms with Crippen molar-refractivity contribution < 1.29 is 9.53 Å². The number of nitrogens with two attached hydrogens (primary N) is 1. The van der Waals surface area contributed by atoms with Crippen LogP contribution in [-0.2, 0) is 9.53 Å². The summed E-state index contributed by atoms with van der Waals surface area (Å²) >= 11 is 6.95. The molecule has 0 aromatic heterocycles. The predicted octanol–water partition coefficient (Wildman–Crippen LogP) is 2.57. The number of hydrogen-bond donors (Lipinski definition) is 1. The lowest BCUT2D eigenvalue weighted by molar-refractivity contribution is -0.141. The van der Waals surface area contributed by atoms with Crippen molar-refractivity contribution in [3.63, 3.8) is 0 Å². The van der Waals surface area contributed by atoms with Crippen LogP contribution in [0.25, 0.3) is 0 Å². The lowest BCUT2D eigenvalue weighted by Gasteiger charge is -2.27. The number of thioether (sulfide) groups is 1. The highest BCUT2D eigenvalue weighted by atomic mass is 32.2. The third kappa shape index (κ3) is 3.32. The molecule has 0 spiro atoms. The quantitative estimate of drug-likeness (QED) is 0.510. The Bertz CT molecular complexity index is 548. The maximum absolute atomic E-state index is 12.0. The van der Waals surface area contributed by atoms with Gasteiger partial charge in [0.25, 0.3) is 0 Å². The molecule has 1 saturated heterocycles. The molecule has 1 fully saturated rings. The molecule has 0 saturated carbocycles. The van der Waals surface area contributed by atoms with Crippen molar-refractivity contribution in [3.8, 4) is 0 Å². The number of carbonyl (C=O) groups is 1. The van der Waals surface area contributed by atoms with Gasteiger partial charge in [0, 0.05) is 22.7 Å². The molecule has 114 valence electrons. The summed E-state index contributed by atoms with van der Waals surface area (Å²) in [5.41, 5.74) is 7.75. The third-order valence-corrected chi connectivity index (χ3v) is 4.73. The fraction of sp³-hybridized carbons (Fsp3) is 0.467. The monoisotopic (exact) mass is 324 g/mol. The number of ether oxygens (including phenoxy) is 1. The van der Waals surface area contributed by atoms with E-state index in [1.165, 1.54) is 7.11 Å². The molecular weight excluding hydrogens is 304 g/mol. The van der Waals surface area contributed by atoms with E-state index in [1.807, 2.05) is 18.2 Å². The maximum Gasteiger partial charge on any atom is 0.328 e. The maximum atomic E-state index is 12.0. The standard InChI is InChI=1S/C15H20N2O2S2/c1-3-21-12-8-4-6-10(13(12)14(16)20)17-9-5-7-11(17)15(18)19-2/h4,6,8,11H,3,5,7,9H2,1-2H3,(H2,16,20). The number of methoxy groups -OCH3 is 1. The highest BCUT2D eigenvalue weighted by Crippen LogP contribution is 2.34. The van der Waals surface area contributed by atoms with Crippen LogP contribution in [0.4, 0.5) is 5.69 Å². The summed E-state index contributed by atoms with van der Waals surface area (Å²) in [6.07, 6.45) is 1.76. The van der Waals surface area contributed by atoms with E-state index in [1.54, 1.807) is 11.8 Å². The van der Waals surface area contributed by atoms with Gasteiger partial charge in [0.05, 0.1) is 7.11 Å². The smallest absolute Gasteiger partial charge is 0.328 e. The van der Waals surface area contributed by atoms with Gasteiger partial charge in [-0.1, -0.05) is 25.2 Å². The number of esters is 1. The van der Waals surface area contributed by atoms with Crippen LogP contribution in [0.3, 0.4) is 0 Å². The normalized spacial score (nSPS) is 17.8. The predicted molar refractivity (Wildman–Crippen MR) is 91.1 cm³/mol. The van der Waals surface area contributed by atoms with Crippen LogP contribution < -0.4 is 10.6 Å². The first-order valence-electron chi connectivity index (χ1n) is 7.00. The Morgan fingerprint density at radius 1 is 1.57 bits per heavy atom. The van der Waals surface area contributed by atoms with Crippen molar-refractivity contribution in [1.29, 1.82) is 0 Å². The summed E-state index contributed by atoms with van der Waals surface area (Å²) in [5.74, 6) is 0.745. The average molecular weight is 324 g/mol. The van der Waals surface area contributed by atoms with Gasteiger partial charge in [-0.2, -0.15) is 0 Å². The van der Waals surface area contributed by atoms with E-state index in [0.29, 0.717) is 4.99 Å². The molecule has 0 radical (unpaired) electrons. The Balaban J connectivity index is 2.45. The van der Waals surface area contributed by atoms with Crippen LogP contribution in [0.2, 0.25) is 0 Å². The highest BCUT2D eigenvalue weighted by Gasteiger charge is 2.33. The minimum atomic E-state index is -0.245. The molecule has 4 nitrogen and oxygen atoms in total. The Morgan fingerprint density at radius 2 is 2.33 bits per heavy atom. The number of anilines is 1. The minimum Gasteiger partial charge on any atom is -0.467 e. The molecule has 0 bridgehead atoms. The molecule has 1 atom stereocenters. The molecule has 6 heteroatoms. The summed E-state index contributed by atoms with van der Waals surface area (Å²) in [5, 5.41) is 0. The molecule has 1 unspecified atom stereocenters. The van der Waals surface area contributed by atoms with Crippen molar-refractivity contribution in [3.05, 3.63) is 23.8 Å². The first-order valence-corrected chi connectivity index (χ1v) is 8.39. The molecule has 21 heavy (non-hydrogen) atoms. The highest BCUT2D eigenvalue weighted by molar-refractivity contribution is 7.99. The van der Waals surface area contributed by atoms with Crippen LogP contribution in [0.15, 0.2) is 23.1 Å². The summed E-state index contributed by atoms with van der Waals surface area (Å²) in [6, 6.07) is 5.75. The van der Waals surface area contributed by atoms with Crippen molar-refractivity contribution in [2.24, 2.45) is 5.73 Å². The number of thiocarbonyl (C=S) groups is 1. The van der Waals surface area contributed by atoms with Gasteiger partial charge in [-0.05, 0) is 30.7 Å². The Kier molecular flexibility index (Phi) is 5.47. The van der Waals surface area contributed by atoms with E-state index in [2.05, 4.69) is 11.8 Å². The summed E-state index contributed by atoms with van der Waals surface area (Å²) in [6.45, 7) is 2.91. The largest absolute Gasteiger partial charge is 0.467 e. The molecule has 1 aromatic carbocycles. The Labute approximate surface area is 135 Å². The molecule has 2 rings (SSSR count). The van der Waals surface area contributed by atoms with Gasteiger partial charge in [-0.25, -0.2) is 4.79 Å². The van der Waals surface area contributed by atoms with E-state index >= 15 is 0 Å². The second kappa shape index (κ2) is 7.13. The molecule has 1 aromatic rings.